The molecule has 0 amide bonds. The second kappa shape index (κ2) is 7.85. The van der Waals surface area contributed by atoms with Crippen molar-refractivity contribution in [3.05, 3.63) is 23.2 Å². The molecule has 1 aromatic rings. The van der Waals surface area contributed by atoms with Crippen molar-refractivity contribution < 1.29 is 31.8 Å². The van der Waals surface area contributed by atoms with Crippen molar-refractivity contribution >= 4 is 21.6 Å². The molecule has 6 nitrogen and oxygen atoms in total. The zero-order valence-electron chi connectivity index (χ0n) is 10.9. The second-order valence-electron chi connectivity index (χ2n) is 3.93. The highest BCUT2D eigenvalue weighted by Gasteiger charge is 2.18. The van der Waals surface area contributed by atoms with Crippen LogP contribution in [-0.4, -0.2) is 46.5 Å². The molecule has 0 aliphatic rings. The monoisotopic (exact) mass is 345 g/mol. The van der Waals surface area contributed by atoms with Gasteiger partial charge in [-0.3, -0.25) is 0 Å². The Bertz CT molecular complexity index is 570. The van der Waals surface area contributed by atoms with Crippen LogP contribution >= 0.6 is 11.6 Å². The van der Waals surface area contributed by atoms with Crippen LogP contribution in [0.25, 0.3) is 0 Å². The van der Waals surface area contributed by atoms with Gasteiger partial charge >= 0.3 is 6.61 Å². The van der Waals surface area contributed by atoms with Gasteiger partial charge in [0.2, 0.25) is 10.0 Å². The van der Waals surface area contributed by atoms with Crippen molar-refractivity contribution in [3.8, 4) is 5.75 Å². The summed E-state index contributed by atoms with van der Waals surface area (Å²) in [7, 11) is -2.57. The van der Waals surface area contributed by atoms with Crippen LogP contribution < -0.4 is 9.46 Å². The molecule has 0 aliphatic heterocycles. The third-order valence-electron chi connectivity index (χ3n) is 2.30. The summed E-state index contributed by atoms with van der Waals surface area (Å²) in [4.78, 5) is -0.237. The molecule has 0 fully saturated rings. The molecule has 2 N–H and O–H groups in total. The number of benzene rings is 1. The number of alkyl halides is 2. The summed E-state index contributed by atoms with van der Waals surface area (Å²) in [6.45, 7) is -3.36. The van der Waals surface area contributed by atoms with Gasteiger partial charge in [0.25, 0.3) is 0 Å². The van der Waals surface area contributed by atoms with E-state index < -0.39 is 22.7 Å². The Balaban J connectivity index is 2.82. The van der Waals surface area contributed by atoms with Crippen molar-refractivity contribution in [1.82, 2.24) is 4.72 Å². The molecule has 1 aromatic carbocycles. The van der Waals surface area contributed by atoms with Gasteiger partial charge in [0.05, 0.1) is 22.6 Å². The lowest BCUT2D eigenvalue weighted by Gasteiger charge is -2.12. The van der Waals surface area contributed by atoms with Gasteiger partial charge in [0.1, 0.15) is 5.75 Å². The number of hydrogen-bond acceptors (Lipinski definition) is 5. The number of rotatable bonds is 8. The van der Waals surface area contributed by atoms with Gasteiger partial charge in [-0.05, 0) is 18.2 Å². The fourth-order valence-corrected chi connectivity index (χ4v) is 2.77. The minimum Gasteiger partial charge on any atom is -0.433 e. The highest BCUT2D eigenvalue weighted by molar-refractivity contribution is 7.89. The maximum Gasteiger partial charge on any atom is 0.387 e. The van der Waals surface area contributed by atoms with Gasteiger partial charge < -0.3 is 14.6 Å². The van der Waals surface area contributed by atoms with E-state index in [1.54, 1.807) is 0 Å². The van der Waals surface area contributed by atoms with Gasteiger partial charge in [-0.15, -0.1) is 0 Å². The number of halogens is 3. The van der Waals surface area contributed by atoms with Crippen LogP contribution in [0, 0.1) is 0 Å². The Morgan fingerprint density at radius 1 is 1.43 bits per heavy atom. The molecular formula is C11H14ClF2NO5S. The van der Waals surface area contributed by atoms with Crippen LogP contribution in [0.4, 0.5) is 8.78 Å². The third-order valence-corrected chi connectivity index (χ3v) is 4.01. The van der Waals surface area contributed by atoms with Crippen LogP contribution in [-0.2, 0) is 14.8 Å². The minimum absolute atomic E-state index is 0.0373. The summed E-state index contributed by atoms with van der Waals surface area (Å²) in [5, 5.41) is 9.11. The summed E-state index contributed by atoms with van der Waals surface area (Å²) in [6, 6.07) is 3.06. The van der Waals surface area contributed by atoms with E-state index in [1.807, 2.05) is 0 Å². The Hall–Kier alpha value is -1.00. The van der Waals surface area contributed by atoms with E-state index in [9.17, 15) is 22.3 Å². The molecule has 10 heteroatoms. The zero-order valence-corrected chi connectivity index (χ0v) is 12.5. The molecule has 0 spiro atoms. The number of hydrogen-bond donors (Lipinski definition) is 2. The topological polar surface area (TPSA) is 84.9 Å². The lowest BCUT2D eigenvalue weighted by molar-refractivity contribution is -0.0498. The molecule has 120 valence electrons. The predicted octanol–water partition coefficient (Wildman–Crippen LogP) is 1.23. The van der Waals surface area contributed by atoms with Gasteiger partial charge in [-0.25, -0.2) is 13.1 Å². The lowest BCUT2D eigenvalue weighted by atomic mass is 10.3. The summed E-state index contributed by atoms with van der Waals surface area (Å²) in [6.07, 6.45) is -1.01. The fourth-order valence-electron chi connectivity index (χ4n) is 1.38. The summed E-state index contributed by atoms with van der Waals surface area (Å²) in [5.41, 5.74) is 0. The van der Waals surface area contributed by atoms with Gasteiger partial charge in [-0.2, -0.15) is 8.78 Å². The molecule has 0 aliphatic carbocycles. The van der Waals surface area contributed by atoms with Crippen LogP contribution in [0.1, 0.15) is 0 Å². The summed E-state index contributed by atoms with van der Waals surface area (Å²) in [5.74, 6) is -0.329. The Morgan fingerprint density at radius 3 is 2.62 bits per heavy atom. The maximum atomic E-state index is 12.1. The highest BCUT2D eigenvalue weighted by atomic mass is 35.5. The number of sulfonamides is 1. The quantitative estimate of drug-likeness (QED) is 0.740. The molecule has 0 bridgehead atoms. The SMILES string of the molecule is COCC(O)CNS(=O)(=O)c1ccc(OC(F)F)c(Cl)c1. The number of nitrogens with one attached hydrogen (secondary N) is 1. The van der Waals surface area contributed by atoms with Crippen molar-refractivity contribution in [1.29, 1.82) is 0 Å². The first-order valence-electron chi connectivity index (χ1n) is 5.67. The minimum atomic E-state index is -3.93. The van der Waals surface area contributed by atoms with E-state index in [4.69, 9.17) is 11.6 Å². The zero-order chi connectivity index (χ0) is 16.0. The third kappa shape index (κ3) is 5.71. The lowest BCUT2D eigenvalue weighted by Crippen LogP contribution is -2.34. The molecule has 0 aromatic heterocycles. The largest absolute Gasteiger partial charge is 0.433 e. The van der Waals surface area contributed by atoms with Crippen molar-refractivity contribution in [2.24, 2.45) is 0 Å². The van der Waals surface area contributed by atoms with E-state index in [0.29, 0.717) is 0 Å². The fraction of sp³-hybridized carbons (Fsp3) is 0.455. The van der Waals surface area contributed by atoms with Crippen LogP contribution in [0.15, 0.2) is 23.1 Å². The van der Waals surface area contributed by atoms with Gasteiger partial charge in [0, 0.05) is 13.7 Å². The molecule has 0 saturated carbocycles. The number of aliphatic hydroxyl groups excluding tert-OH is 1. The molecule has 1 rings (SSSR count). The molecule has 21 heavy (non-hydrogen) atoms. The Morgan fingerprint density at radius 2 is 2.10 bits per heavy atom. The van der Waals surface area contributed by atoms with Gasteiger partial charge in [-0.1, -0.05) is 11.6 Å². The van der Waals surface area contributed by atoms with Crippen LogP contribution in [0.2, 0.25) is 5.02 Å². The van der Waals surface area contributed by atoms with E-state index in [0.717, 1.165) is 18.2 Å². The van der Waals surface area contributed by atoms with Gasteiger partial charge in [0.15, 0.2) is 0 Å². The standard InChI is InChI=1S/C11H14ClF2NO5S/c1-19-6-7(16)5-15-21(17,18)8-2-3-10(9(12)4-8)20-11(13)14/h2-4,7,11,15-16H,5-6H2,1H3. The average Bonchev–Trinajstić information content (AvgIpc) is 2.39. The molecule has 1 atom stereocenters. The summed E-state index contributed by atoms with van der Waals surface area (Å²) < 4.78 is 58.9. The van der Waals surface area contributed by atoms with E-state index in [1.165, 1.54) is 7.11 Å². The highest BCUT2D eigenvalue weighted by Crippen LogP contribution is 2.28. The summed E-state index contributed by atoms with van der Waals surface area (Å²) >= 11 is 5.67. The molecular weight excluding hydrogens is 332 g/mol. The van der Waals surface area contributed by atoms with E-state index >= 15 is 0 Å². The molecule has 0 saturated heterocycles. The van der Waals surface area contributed by atoms with E-state index in [-0.39, 0.29) is 28.8 Å². The number of methoxy groups -OCH3 is 1. The van der Waals surface area contributed by atoms with Crippen molar-refractivity contribution in [2.45, 2.75) is 17.6 Å². The van der Waals surface area contributed by atoms with E-state index in [2.05, 4.69) is 14.2 Å². The smallest absolute Gasteiger partial charge is 0.387 e. The first-order valence-corrected chi connectivity index (χ1v) is 7.53. The first-order chi connectivity index (χ1) is 9.76. The molecule has 1 unspecified atom stereocenters. The van der Waals surface area contributed by atoms with Crippen molar-refractivity contribution in [2.75, 3.05) is 20.3 Å². The van der Waals surface area contributed by atoms with Crippen LogP contribution in [0.3, 0.4) is 0 Å². The molecule has 0 radical (unpaired) electrons. The Kier molecular flexibility index (Phi) is 6.75. The van der Waals surface area contributed by atoms with Crippen LogP contribution in [0.5, 0.6) is 5.75 Å². The number of aliphatic hydroxyl groups is 1. The first kappa shape index (κ1) is 18.1. The maximum absolute atomic E-state index is 12.1. The predicted molar refractivity (Wildman–Crippen MR) is 71.2 cm³/mol. The van der Waals surface area contributed by atoms with Crippen molar-refractivity contribution in [3.63, 3.8) is 0 Å². The molecule has 0 heterocycles. The average molecular weight is 346 g/mol. The normalized spacial score (nSPS) is 13.4. The number of ether oxygens (including phenoxy) is 2. The Labute approximate surface area is 125 Å². The second-order valence-corrected chi connectivity index (χ2v) is 6.11.